The summed E-state index contributed by atoms with van der Waals surface area (Å²) in [6.07, 6.45) is 0.0402. The predicted molar refractivity (Wildman–Crippen MR) is 104 cm³/mol. The van der Waals surface area contributed by atoms with Crippen LogP contribution in [0, 0.1) is 5.82 Å². The number of hydrogen-bond acceptors (Lipinski definition) is 4. The van der Waals surface area contributed by atoms with Gasteiger partial charge in [-0.25, -0.2) is 9.29 Å². The van der Waals surface area contributed by atoms with Crippen LogP contribution >= 0.6 is 0 Å². The van der Waals surface area contributed by atoms with E-state index in [1.807, 2.05) is 30.3 Å². The normalized spacial score (nSPS) is 16.3. The van der Waals surface area contributed by atoms with Crippen LogP contribution in [0.2, 0.25) is 0 Å². The number of para-hydroxylation sites is 1. The Labute approximate surface area is 161 Å². The van der Waals surface area contributed by atoms with E-state index in [0.29, 0.717) is 17.1 Å². The highest BCUT2D eigenvalue weighted by atomic mass is 19.1. The van der Waals surface area contributed by atoms with Crippen LogP contribution in [0.1, 0.15) is 6.42 Å². The Hall–Kier alpha value is -3.67. The minimum Gasteiger partial charge on any atom is -0.457 e. The molecule has 0 radical (unpaired) electrons. The second-order valence-electron chi connectivity index (χ2n) is 6.38. The van der Waals surface area contributed by atoms with Gasteiger partial charge in [-0.1, -0.05) is 18.2 Å². The third kappa shape index (κ3) is 3.71. The van der Waals surface area contributed by atoms with Gasteiger partial charge in [0.1, 0.15) is 23.4 Å². The average molecular weight is 376 g/mol. The third-order valence-corrected chi connectivity index (χ3v) is 4.41. The maximum absolute atomic E-state index is 13.1. The fourth-order valence-corrected chi connectivity index (χ4v) is 3.05. The number of hydrogen-bond donors (Lipinski definition) is 1. The number of benzene rings is 3. The molecule has 1 N–H and O–H groups in total. The van der Waals surface area contributed by atoms with Crippen molar-refractivity contribution < 1.29 is 18.7 Å². The number of rotatable bonds is 5. The molecule has 5 nitrogen and oxygen atoms in total. The number of halogens is 1. The van der Waals surface area contributed by atoms with E-state index in [4.69, 9.17) is 4.74 Å². The zero-order valence-corrected chi connectivity index (χ0v) is 14.8. The molecule has 1 aliphatic heterocycles. The molecule has 2 amide bonds. The third-order valence-electron chi connectivity index (χ3n) is 4.41. The topological polar surface area (TPSA) is 58.6 Å². The van der Waals surface area contributed by atoms with Crippen LogP contribution in [0.3, 0.4) is 0 Å². The quantitative estimate of drug-likeness (QED) is 0.672. The van der Waals surface area contributed by atoms with Crippen LogP contribution in [0.25, 0.3) is 0 Å². The number of ether oxygens (including phenoxy) is 1. The summed E-state index contributed by atoms with van der Waals surface area (Å²) in [7, 11) is 0. The van der Waals surface area contributed by atoms with Crippen molar-refractivity contribution in [3.8, 4) is 11.5 Å². The van der Waals surface area contributed by atoms with Gasteiger partial charge in [0.15, 0.2) is 0 Å². The van der Waals surface area contributed by atoms with Gasteiger partial charge < -0.3 is 10.1 Å². The molecule has 1 heterocycles. The molecule has 0 spiro atoms. The first-order valence-corrected chi connectivity index (χ1v) is 8.82. The zero-order valence-electron chi connectivity index (χ0n) is 14.8. The first-order chi connectivity index (χ1) is 13.6. The second kappa shape index (κ2) is 7.52. The van der Waals surface area contributed by atoms with Crippen molar-refractivity contribution >= 4 is 23.2 Å². The minimum absolute atomic E-state index is 0.0402. The molecule has 1 saturated heterocycles. The van der Waals surface area contributed by atoms with E-state index in [9.17, 15) is 14.0 Å². The maximum atomic E-state index is 13.1. The predicted octanol–water partition coefficient (Wildman–Crippen LogP) is 4.36. The summed E-state index contributed by atoms with van der Waals surface area (Å²) in [5, 5.41) is 3.08. The fourth-order valence-electron chi connectivity index (χ4n) is 3.05. The number of nitrogens with zero attached hydrogens (tertiary/aromatic N) is 1. The van der Waals surface area contributed by atoms with Crippen molar-refractivity contribution in [1.29, 1.82) is 0 Å². The van der Waals surface area contributed by atoms with Gasteiger partial charge in [-0.05, 0) is 60.7 Å². The number of amides is 2. The van der Waals surface area contributed by atoms with Crippen LogP contribution in [-0.4, -0.2) is 17.9 Å². The number of nitrogens with one attached hydrogen (secondary N) is 1. The van der Waals surface area contributed by atoms with Crippen molar-refractivity contribution in [3.05, 3.63) is 84.7 Å². The lowest BCUT2D eigenvalue weighted by atomic mass is 10.2. The molecular weight excluding hydrogens is 359 g/mol. The lowest BCUT2D eigenvalue weighted by Gasteiger charge is -2.16. The zero-order chi connectivity index (χ0) is 19.5. The van der Waals surface area contributed by atoms with Gasteiger partial charge >= 0.3 is 0 Å². The van der Waals surface area contributed by atoms with Crippen LogP contribution in [0.15, 0.2) is 78.9 Å². The van der Waals surface area contributed by atoms with E-state index in [0.717, 1.165) is 10.6 Å². The van der Waals surface area contributed by atoms with E-state index >= 15 is 0 Å². The van der Waals surface area contributed by atoms with Gasteiger partial charge in [-0.2, -0.15) is 0 Å². The lowest BCUT2D eigenvalue weighted by molar-refractivity contribution is -0.121. The molecule has 1 aliphatic rings. The lowest BCUT2D eigenvalue weighted by Crippen LogP contribution is -2.34. The van der Waals surface area contributed by atoms with E-state index in [1.54, 1.807) is 24.3 Å². The van der Waals surface area contributed by atoms with Crippen molar-refractivity contribution in [2.75, 3.05) is 10.2 Å². The number of carbonyl (C=O) groups excluding carboxylic acids is 2. The summed E-state index contributed by atoms with van der Waals surface area (Å²) < 4.78 is 18.8. The number of anilines is 2. The van der Waals surface area contributed by atoms with Crippen LogP contribution in [0.4, 0.5) is 15.8 Å². The molecule has 0 saturated carbocycles. The monoisotopic (exact) mass is 376 g/mol. The Morgan fingerprint density at radius 3 is 2.18 bits per heavy atom. The molecule has 0 aliphatic carbocycles. The Bertz CT molecular complexity index is 989. The Balaban J connectivity index is 1.43. The summed E-state index contributed by atoms with van der Waals surface area (Å²) in [4.78, 5) is 26.0. The van der Waals surface area contributed by atoms with Crippen molar-refractivity contribution in [2.45, 2.75) is 12.5 Å². The molecule has 28 heavy (non-hydrogen) atoms. The molecule has 4 rings (SSSR count). The van der Waals surface area contributed by atoms with Gasteiger partial charge in [-0.15, -0.1) is 0 Å². The fraction of sp³-hybridized carbons (Fsp3) is 0.0909. The molecule has 0 bridgehead atoms. The largest absolute Gasteiger partial charge is 0.457 e. The first-order valence-electron chi connectivity index (χ1n) is 8.82. The van der Waals surface area contributed by atoms with Gasteiger partial charge in [0.25, 0.3) is 5.91 Å². The van der Waals surface area contributed by atoms with Crippen LogP contribution in [0.5, 0.6) is 11.5 Å². The van der Waals surface area contributed by atoms with Crippen LogP contribution < -0.4 is 15.0 Å². The highest BCUT2D eigenvalue weighted by Gasteiger charge is 2.39. The SMILES string of the molecule is O=C1C[C@@H](Nc2ccc(Oc3ccccc3)cc2)C(=O)N1c1ccc(F)cc1. The molecule has 0 unspecified atom stereocenters. The van der Waals surface area contributed by atoms with Crippen LogP contribution in [-0.2, 0) is 9.59 Å². The maximum Gasteiger partial charge on any atom is 0.256 e. The second-order valence-corrected chi connectivity index (χ2v) is 6.38. The van der Waals surface area contributed by atoms with Crippen molar-refractivity contribution in [3.63, 3.8) is 0 Å². The van der Waals surface area contributed by atoms with Gasteiger partial charge in [0.2, 0.25) is 5.91 Å². The molecule has 140 valence electrons. The summed E-state index contributed by atoms with van der Waals surface area (Å²) in [5.41, 5.74) is 1.07. The smallest absolute Gasteiger partial charge is 0.256 e. The van der Waals surface area contributed by atoms with Gasteiger partial charge in [0, 0.05) is 5.69 Å². The highest BCUT2D eigenvalue weighted by Crippen LogP contribution is 2.27. The van der Waals surface area contributed by atoms with E-state index in [-0.39, 0.29) is 18.2 Å². The first kappa shape index (κ1) is 17.7. The summed E-state index contributed by atoms with van der Waals surface area (Å²) >= 11 is 0. The van der Waals surface area contributed by atoms with Crippen molar-refractivity contribution in [1.82, 2.24) is 0 Å². The molecule has 1 fully saturated rings. The Morgan fingerprint density at radius 1 is 0.857 bits per heavy atom. The summed E-state index contributed by atoms with van der Waals surface area (Å²) in [6.45, 7) is 0. The summed E-state index contributed by atoms with van der Waals surface area (Å²) in [5.74, 6) is 0.294. The van der Waals surface area contributed by atoms with E-state index in [2.05, 4.69) is 5.32 Å². The Kier molecular flexibility index (Phi) is 4.76. The highest BCUT2D eigenvalue weighted by molar-refractivity contribution is 6.23. The number of imide groups is 1. The Morgan fingerprint density at radius 2 is 1.50 bits per heavy atom. The number of carbonyl (C=O) groups is 2. The molecule has 1 atom stereocenters. The van der Waals surface area contributed by atoms with Crippen molar-refractivity contribution in [2.24, 2.45) is 0 Å². The minimum atomic E-state index is -0.668. The average Bonchev–Trinajstić information content (AvgIpc) is 2.98. The standard InChI is InChI=1S/C22H17FN2O3/c23-15-6-10-17(11-7-15)25-21(26)14-20(22(25)27)24-16-8-12-19(13-9-16)28-18-4-2-1-3-5-18/h1-13,20,24H,14H2/t20-/m1/s1. The molecule has 3 aromatic rings. The van der Waals surface area contributed by atoms with E-state index in [1.165, 1.54) is 24.3 Å². The molecule has 6 heteroatoms. The molecule has 0 aromatic heterocycles. The van der Waals surface area contributed by atoms with Gasteiger partial charge in [0.05, 0.1) is 12.1 Å². The van der Waals surface area contributed by atoms with Gasteiger partial charge in [-0.3, -0.25) is 9.59 Å². The summed E-state index contributed by atoms with van der Waals surface area (Å²) in [6, 6.07) is 21.2. The van der Waals surface area contributed by atoms with E-state index < -0.39 is 11.9 Å². The molecular formula is C22H17FN2O3. The molecule has 3 aromatic carbocycles.